The number of ether oxygens (including phenoxy) is 1. The second-order valence-electron chi connectivity index (χ2n) is 7.41. The van der Waals surface area contributed by atoms with Gasteiger partial charge in [-0.25, -0.2) is 9.50 Å². The van der Waals surface area contributed by atoms with E-state index in [2.05, 4.69) is 29.2 Å². The van der Waals surface area contributed by atoms with Gasteiger partial charge in [0.15, 0.2) is 11.4 Å². The van der Waals surface area contributed by atoms with Crippen LogP contribution in [0.2, 0.25) is 0 Å². The lowest BCUT2D eigenvalue weighted by molar-refractivity contribution is 0.0962. The van der Waals surface area contributed by atoms with Crippen molar-refractivity contribution in [2.45, 2.75) is 25.4 Å². The van der Waals surface area contributed by atoms with Crippen molar-refractivity contribution in [3.63, 3.8) is 0 Å². The van der Waals surface area contributed by atoms with Gasteiger partial charge in [-0.3, -0.25) is 4.79 Å². The molecule has 0 aliphatic heterocycles. The molecular formula is C24H21N3O2. The maximum absolute atomic E-state index is 12.9. The van der Waals surface area contributed by atoms with Crippen LogP contribution in [0.5, 0.6) is 0 Å². The molecule has 144 valence electrons. The number of hydrogen-bond donors (Lipinski definition) is 0. The third kappa shape index (κ3) is 3.04. The van der Waals surface area contributed by atoms with E-state index in [0.29, 0.717) is 18.6 Å². The number of carbonyl (C=O) groups excluding carboxylic acids is 1. The van der Waals surface area contributed by atoms with Crippen LogP contribution in [0, 0.1) is 0 Å². The fourth-order valence-corrected chi connectivity index (χ4v) is 4.24. The summed E-state index contributed by atoms with van der Waals surface area (Å²) in [6, 6.07) is 20.3. The van der Waals surface area contributed by atoms with Gasteiger partial charge in [-0.2, -0.15) is 5.10 Å². The molecule has 0 N–H and O–H groups in total. The molecule has 0 saturated carbocycles. The minimum Gasteiger partial charge on any atom is -0.378 e. The molecule has 5 rings (SSSR count). The average Bonchev–Trinajstić information content (AvgIpc) is 3.14. The zero-order chi connectivity index (χ0) is 19.8. The second-order valence-corrected chi connectivity index (χ2v) is 7.41. The van der Waals surface area contributed by atoms with Crippen molar-refractivity contribution in [3.8, 4) is 11.1 Å². The van der Waals surface area contributed by atoms with E-state index in [1.54, 1.807) is 13.3 Å². The molecule has 0 spiro atoms. The van der Waals surface area contributed by atoms with Crippen molar-refractivity contribution in [2.75, 3.05) is 7.11 Å². The Morgan fingerprint density at radius 2 is 1.76 bits per heavy atom. The Morgan fingerprint density at radius 3 is 2.48 bits per heavy atom. The Morgan fingerprint density at radius 1 is 1.03 bits per heavy atom. The van der Waals surface area contributed by atoms with Gasteiger partial charge >= 0.3 is 0 Å². The molecule has 5 heteroatoms. The molecule has 1 aliphatic rings. The SMILES string of the molecule is COCc1nn2c3c(cnc2c1-c1ccccc1)C(=O)C[C@@H](c1ccccc1)C3. The van der Waals surface area contributed by atoms with Crippen LogP contribution >= 0.6 is 0 Å². The zero-order valence-corrected chi connectivity index (χ0v) is 16.2. The van der Waals surface area contributed by atoms with Crippen LogP contribution in [-0.4, -0.2) is 27.5 Å². The van der Waals surface area contributed by atoms with Gasteiger partial charge in [-0.15, -0.1) is 0 Å². The molecule has 4 aromatic rings. The van der Waals surface area contributed by atoms with E-state index in [1.807, 2.05) is 40.9 Å². The van der Waals surface area contributed by atoms with E-state index in [0.717, 1.165) is 34.6 Å². The van der Waals surface area contributed by atoms with E-state index in [9.17, 15) is 4.79 Å². The number of hydrogen-bond acceptors (Lipinski definition) is 4. The van der Waals surface area contributed by atoms with Gasteiger partial charge in [-0.1, -0.05) is 60.7 Å². The van der Waals surface area contributed by atoms with Gasteiger partial charge in [0.05, 0.1) is 29.1 Å². The second kappa shape index (κ2) is 7.26. The summed E-state index contributed by atoms with van der Waals surface area (Å²) in [4.78, 5) is 17.5. The highest BCUT2D eigenvalue weighted by molar-refractivity contribution is 5.99. The van der Waals surface area contributed by atoms with Crippen LogP contribution in [0.15, 0.2) is 66.9 Å². The highest BCUT2D eigenvalue weighted by Crippen LogP contribution is 2.35. The number of fused-ring (bicyclic) bond motifs is 3. The quantitative estimate of drug-likeness (QED) is 0.522. The number of rotatable bonds is 4. The van der Waals surface area contributed by atoms with Crippen LogP contribution in [0.25, 0.3) is 16.8 Å². The summed E-state index contributed by atoms with van der Waals surface area (Å²) in [5, 5.41) is 4.83. The third-order valence-corrected chi connectivity index (χ3v) is 5.60. The van der Waals surface area contributed by atoms with E-state index in [4.69, 9.17) is 9.84 Å². The van der Waals surface area contributed by atoms with Gasteiger partial charge in [0, 0.05) is 19.7 Å². The Hall–Kier alpha value is -3.31. The smallest absolute Gasteiger partial charge is 0.166 e. The summed E-state index contributed by atoms with van der Waals surface area (Å²) in [5.41, 5.74) is 6.39. The first kappa shape index (κ1) is 17.8. The molecule has 29 heavy (non-hydrogen) atoms. The van der Waals surface area contributed by atoms with Crippen molar-refractivity contribution < 1.29 is 9.53 Å². The van der Waals surface area contributed by atoms with Crippen molar-refractivity contribution in [3.05, 3.63) is 89.4 Å². The lowest BCUT2D eigenvalue weighted by Gasteiger charge is -2.24. The normalized spacial score (nSPS) is 16.2. The highest BCUT2D eigenvalue weighted by Gasteiger charge is 2.30. The van der Waals surface area contributed by atoms with E-state index in [1.165, 1.54) is 5.56 Å². The first-order chi connectivity index (χ1) is 14.3. The van der Waals surface area contributed by atoms with Crippen LogP contribution in [0.1, 0.15) is 39.6 Å². The molecule has 2 aromatic carbocycles. The van der Waals surface area contributed by atoms with Gasteiger partial charge in [0.2, 0.25) is 0 Å². The van der Waals surface area contributed by atoms with E-state index < -0.39 is 0 Å². The lowest BCUT2D eigenvalue weighted by atomic mass is 9.82. The summed E-state index contributed by atoms with van der Waals surface area (Å²) in [5.74, 6) is 0.275. The molecule has 2 heterocycles. The molecule has 0 bridgehead atoms. The van der Waals surface area contributed by atoms with E-state index in [-0.39, 0.29) is 11.7 Å². The van der Waals surface area contributed by atoms with Gasteiger partial charge in [-0.05, 0) is 23.5 Å². The molecule has 0 fully saturated rings. The fraction of sp³-hybridized carbons (Fsp3) is 0.208. The predicted octanol–water partition coefficient (Wildman–Crippen LogP) is 4.46. The molecule has 0 amide bonds. The average molecular weight is 383 g/mol. The molecule has 0 radical (unpaired) electrons. The number of ketones is 1. The van der Waals surface area contributed by atoms with Gasteiger partial charge < -0.3 is 4.74 Å². The summed E-state index contributed by atoms with van der Waals surface area (Å²) in [6.07, 6.45) is 2.98. The third-order valence-electron chi connectivity index (χ3n) is 5.60. The largest absolute Gasteiger partial charge is 0.378 e. The molecule has 0 unspecified atom stereocenters. The highest BCUT2D eigenvalue weighted by atomic mass is 16.5. The summed E-state index contributed by atoms with van der Waals surface area (Å²) in [7, 11) is 1.66. The van der Waals surface area contributed by atoms with Crippen LogP contribution in [0.3, 0.4) is 0 Å². The summed E-state index contributed by atoms with van der Waals surface area (Å²) >= 11 is 0. The summed E-state index contributed by atoms with van der Waals surface area (Å²) < 4.78 is 7.26. The summed E-state index contributed by atoms with van der Waals surface area (Å²) in [6.45, 7) is 0.387. The van der Waals surface area contributed by atoms with E-state index >= 15 is 0 Å². The van der Waals surface area contributed by atoms with Crippen molar-refractivity contribution in [1.82, 2.24) is 14.6 Å². The Labute approximate surface area is 169 Å². The molecular weight excluding hydrogens is 362 g/mol. The number of aromatic nitrogens is 3. The maximum Gasteiger partial charge on any atom is 0.166 e. The van der Waals surface area contributed by atoms with Crippen molar-refractivity contribution in [2.24, 2.45) is 0 Å². The standard InChI is InChI=1S/C24H21N3O2/c1-29-15-20-23(17-10-6-3-7-11-17)24-25-14-19-21(27(24)26-20)12-18(13-22(19)28)16-8-4-2-5-9-16/h2-11,14,18H,12-13,15H2,1H3/t18-/m0/s1. The van der Waals surface area contributed by atoms with Gasteiger partial charge in [0.25, 0.3) is 0 Å². The molecule has 0 saturated heterocycles. The number of nitrogens with zero attached hydrogens (tertiary/aromatic N) is 3. The van der Waals surface area contributed by atoms with Crippen LogP contribution in [-0.2, 0) is 17.8 Å². The minimum atomic E-state index is 0.125. The Bertz CT molecular complexity index is 1180. The van der Waals surface area contributed by atoms with Crippen LogP contribution < -0.4 is 0 Å². The maximum atomic E-state index is 12.9. The number of methoxy groups -OCH3 is 1. The predicted molar refractivity (Wildman–Crippen MR) is 111 cm³/mol. The molecule has 5 nitrogen and oxygen atoms in total. The number of Topliss-reactive ketones (excluding diaryl/α,β-unsaturated/α-hetero) is 1. The molecule has 1 atom stereocenters. The van der Waals surface area contributed by atoms with Crippen molar-refractivity contribution >= 4 is 11.4 Å². The zero-order valence-electron chi connectivity index (χ0n) is 16.2. The van der Waals surface area contributed by atoms with Gasteiger partial charge in [0.1, 0.15) is 0 Å². The number of carbonyl (C=O) groups is 1. The van der Waals surface area contributed by atoms with Crippen LogP contribution in [0.4, 0.5) is 0 Å². The van der Waals surface area contributed by atoms with Crippen molar-refractivity contribution in [1.29, 1.82) is 0 Å². The minimum absolute atomic E-state index is 0.125. The topological polar surface area (TPSA) is 56.5 Å². The first-order valence-corrected chi connectivity index (χ1v) is 9.78. The Kier molecular flexibility index (Phi) is 4.45. The monoisotopic (exact) mass is 383 g/mol. The number of benzene rings is 2. The molecule has 1 aliphatic carbocycles. The lowest BCUT2D eigenvalue weighted by Crippen LogP contribution is -2.22. The first-order valence-electron chi connectivity index (χ1n) is 9.78. The fourth-order valence-electron chi connectivity index (χ4n) is 4.24. The Balaban J connectivity index is 1.70. The molecule has 2 aromatic heterocycles.